The molecule has 1 aromatic carbocycles. The SMILES string of the molecule is COc1ccc(-c2ccc(C#N)c(=O)n2CCN)cc1. The van der Waals surface area contributed by atoms with Gasteiger partial charge in [-0.15, -0.1) is 0 Å². The van der Waals surface area contributed by atoms with Gasteiger partial charge in [-0.05, 0) is 42.0 Å². The zero-order valence-electron chi connectivity index (χ0n) is 11.2. The van der Waals surface area contributed by atoms with E-state index in [0.29, 0.717) is 13.1 Å². The molecule has 0 saturated carbocycles. The smallest absolute Gasteiger partial charge is 0.268 e. The Hall–Kier alpha value is -2.58. The molecule has 0 saturated heterocycles. The average molecular weight is 269 g/mol. The van der Waals surface area contributed by atoms with Crippen molar-refractivity contribution < 1.29 is 4.74 Å². The maximum atomic E-state index is 12.2. The van der Waals surface area contributed by atoms with E-state index >= 15 is 0 Å². The van der Waals surface area contributed by atoms with E-state index in [4.69, 9.17) is 15.7 Å². The Kier molecular flexibility index (Phi) is 4.18. The lowest BCUT2D eigenvalue weighted by atomic mass is 10.1. The van der Waals surface area contributed by atoms with E-state index in [0.717, 1.165) is 17.0 Å². The fourth-order valence-electron chi connectivity index (χ4n) is 2.03. The zero-order chi connectivity index (χ0) is 14.5. The number of aromatic nitrogens is 1. The molecule has 5 nitrogen and oxygen atoms in total. The van der Waals surface area contributed by atoms with E-state index in [1.54, 1.807) is 13.2 Å². The van der Waals surface area contributed by atoms with E-state index in [2.05, 4.69) is 0 Å². The quantitative estimate of drug-likeness (QED) is 0.908. The minimum Gasteiger partial charge on any atom is -0.497 e. The second kappa shape index (κ2) is 6.04. The van der Waals surface area contributed by atoms with Crippen LogP contribution in [0.15, 0.2) is 41.2 Å². The molecule has 2 rings (SSSR count). The molecule has 1 heterocycles. The first kappa shape index (κ1) is 13.8. The van der Waals surface area contributed by atoms with Crippen LogP contribution in [0.5, 0.6) is 5.75 Å². The molecule has 0 atom stereocenters. The van der Waals surface area contributed by atoms with Crippen LogP contribution < -0.4 is 16.0 Å². The molecule has 2 N–H and O–H groups in total. The van der Waals surface area contributed by atoms with Crippen molar-refractivity contribution >= 4 is 0 Å². The van der Waals surface area contributed by atoms with Gasteiger partial charge in [0, 0.05) is 13.1 Å². The van der Waals surface area contributed by atoms with Gasteiger partial charge in [-0.2, -0.15) is 5.26 Å². The summed E-state index contributed by atoms with van der Waals surface area (Å²) in [7, 11) is 1.60. The number of benzene rings is 1. The Morgan fingerprint density at radius 1 is 1.25 bits per heavy atom. The summed E-state index contributed by atoms with van der Waals surface area (Å²) >= 11 is 0. The third-order valence-electron chi connectivity index (χ3n) is 3.03. The van der Waals surface area contributed by atoms with Crippen molar-refractivity contribution in [1.82, 2.24) is 4.57 Å². The first-order chi connectivity index (χ1) is 9.71. The first-order valence-corrected chi connectivity index (χ1v) is 6.19. The Morgan fingerprint density at radius 2 is 1.95 bits per heavy atom. The van der Waals surface area contributed by atoms with Crippen LogP contribution in [0.1, 0.15) is 5.56 Å². The molecule has 0 spiro atoms. The number of ether oxygens (including phenoxy) is 1. The van der Waals surface area contributed by atoms with Gasteiger partial charge >= 0.3 is 0 Å². The predicted octanol–water partition coefficient (Wildman–Crippen LogP) is 1.35. The second-order valence-electron chi connectivity index (χ2n) is 4.22. The third kappa shape index (κ3) is 2.56. The summed E-state index contributed by atoms with van der Waals surface area (Å²) in [6.07, 6.45) is 0. The number of nitrogens with zero attached hydrogens (tertiary/aromatic N) is 2. The molecule has 5 heteroatoms. The van der Waals surface area contributed by atoms with E-state index < -0.39 is 0 Å². The van der Waals surface area contributed by atoms with Gasteiger partial charge in [-0.1, -0.05) is 0 Å². The van der Waals surface area contributed by atoms with Crippen molar-refractivity contribution in [2.24, 2.45) is 5.73 Å². The van der Waals surface area contributed by atoms with E-state index in [1.165, 1.54) is 10.6 Å². The van der Waals surface area contributed by atoms with Crippen molar-refractivity contribution in [3.63, 3.8) is 0 Å². The van der Waals surface area contributed by atoms with E-state index in [1.807, 2.05) is 30.3 Å². The highest BCUT2D eigenvalue weighted by Gasteiger charge is 2.09. The third-order valence-corrected chi connectivity index (χ3v) is 3.03. The number of nitrogens with two attached hydrogens (primary N) is 1. The summed E-state index contributed by atoms with van der Waals surface area (Å²) in [6, 6.07) is 12.6. The fourth-order valence-corrected chi connectivity index (χ4v) is 2.03. The monoisotopic (exact) mass is 269 g/mol. The maximum Gasteiger partial charge on any atom is 0.268 e. The topological polar surface area (TPSA) is 81.0 Å². The summed E-state index contributed by atoms with van der Waals surface area (Å²) < 4.78 is 6.64. The highest BCUT2D eigenvalue weighted by Crippen LogP contribution is 2.21. The number of rotatable bonds is 4. The Labute approximate surface area is 116 Å². The zero-order valence-corrected chi connectivity index (χ0v) is 11.2. The molecule has 0 amide bonds. The second-order valence-corrected chi connectivity index (χ2v) is 4.22. The molecule has 0 radical (unpaired) electrons. The van der Waals surface area contributed by atoms with Crippen LogP contribution >= 0.6 is 0 Å². The summed E-state index contributed by atoms with van der Waals surface area (Å²) in [5.41, 5.74) is 6.97. The molecule has 102 valence electrons. The summed E-state index contributed by atoms with van der Waals surface area (Å²) in [5.74, 6) is 0.745. The first-order valence-electron chi connectivity index (χ1n) is 6.19. The molecule has 0 bridgehead atoms. The van der Waals surface area contributed by atoms with Crippen molar-refractivity contribution in [2.75, 3.05) is 13.7 Å². The molecule has 0 fully saturated rings. The summed E-state index contributed by atoms with van der Waals surface area (Å²) in [6.45, 7) is 0.702. The number of hydrogen-bond acceptors (Lipinski definition) is 4. The Balaban J connectivity index is 2.58. The van der Waals surface area contributed by atoms with E-state index in [-0.39, 0.29) is 11.1 Å². The molecule has 20 heavy (non-hydrogen) atoms. The van der Waals surface area contributed by atoms with Crippen LogP contribution in [0.3, 0.4) is 0 Å². The lowest BCUT2D eigenvalue weighted by Gasteiger charge is -2.12. The van der Waals surface area contributed by atoms with Crippen molar-refractivity contribution in [3.05, 3.63) is 52.3 Å². The van der Waals surface area contributed by atoms with Crippen LogP contribution in [0.4, 0.5) is 0 Å². The van der Waals surface area contributed by atoms with Gasteiger partial charge in [0.05, 0.1) is 12.8 Å². The molecular weight excluding hydrogens is 254 g/mol. The molecule has 0 aliphatic carbocycles. The van der Waals surface area contributed by atoms with Gasteiger partial charge in [0.2, 0.25) is 0 Å². The minimum absolute atomic E-state index is 0.121. The van der Waals surface area contributed by atoms with Gasteiger partial charge in [0.15, 0.2) is 0 Å². The Bertz CT molecular complexity index is 697. The largest absolute Gasteiger partial charge is 0.497 e. The normalized spacial score (nSPS) is 10.1. The summed E-state index contributed by atoms with van der Waals surface area (Å²) in [4.78, 5) is 12.2. The van der Waals surface area contributed by atoms with Crippen LogP contribution in [0, 0.1) is 11.3 Å². The number of methoxy groups -OCH3 is 1. The number of nitriles is 1. The fraction of sp³-hybridized carbons (Fsp3) is 0.200. The number of hydrogen-bond donors (Lipinski definition) is 1. The molecular formula is C15H15N3O2. The highest BCUT2D eigenvalue weighted by molar-refractivity contribution is 5.61. The van der Waals surface area contributed by atoms with Gasteiger partial charge in [-0.25, -0.2) is 0 Å². The number of pyridine rings is 1. The molecule has 2 aromatic rings. The van der Waals surface area contributed by atoms with Gasteiger partial charge < -0.3 is 15.0 Å². The van der Waals surface area contributed by atoms with Crippen LogP contribution in [-0.2, 0) is 6.54 Å². The Morgan fingerprint density at radius 3 is 2.50 bits per heavy atom. The summed E-state index contributed by atoms with van der Waals surface area (Å²) in [5, 5.41) is 8.93. The molecule has 0 unspecified atom stereocenters. The van der Waals surface area contributed by atoms with E-state index in [9.17, 15) is 4.79 Å². The van der Waals surface area contributed by atoms with Gasteiger partial charge in [-0.3, -0.25) is 4.79 Å². The van der Waals surface area contributed by atoms with Crippen molar-refractivity contribution in [1.29, 1.82) is 5.26 Å². The van der Waals surface area contributed by atoms with Crippen LogP contribution in [0.25, 0.3) is 11.3 Å². The average Bonchev–Trinajstić information content (AvgIpc) is 2.49. The predicted molar refractivity (Wildman–Crippen MR) is 76.5 cm³/mol. The van der Waals surface area contributed by atoms with Crippen LogP contribution in [-0.4, -0.2) is 18.2 Å². The standard InChI is InChI=1S/C15H15N3O2/c1-20-13-5-2-11(3-6-13)14-7-4-12(10-17)15(19)18(14)9-8-16/h2-7H,8-9,16H2,1H3. The molecule has 0 aliphatic rings. The lowest BCUT2D eigenvalue weighted by molar-refractivity contribution is 0.415. The van der Waals surface area contributed by atoms with Gasteiger partial charge in [0.1, 0.15) is 17.4 Å². The molecule has 1 aromatic heterocycles. The molecule has 0 aliphatic heterocycles. The van der Waals surface area contributed by atoms with Crippen LogP contribution in [0.2, 0.25) is 0 Å². The highest BCUT2D eigenvalue weighted by atomic mass is 16.5. The van der Waals surface area contributed by atoms with Gasteiger partial charge in [0.25, 0.3) is 5.56 Å². The lowest BCUT2D eigenvalue weighted by Crippen LogP contribution is -2.27. The van der Waals surface area contributed by atoms with Crippen molar-refractivity contribution in [3.8, 4) is 23.1 Å². The minimum atomic E-state index is -0.314. The van der Waals surface area contributed by atoms with Crippen molar-refractivity contribution in [2.45, 2.75) is 6.54 Å². The maximum absolute atomic E-state index is 12.2.